The molecular formula is C17H22N2O2. The van der Waals surface area contributed by atoms with Crippen molar-refractivity contribution in [2.45, 2.75) is 38.8 Å². The van der Waals surface area contributed by atoms with Crippen LogP contribution in [0.25, 0.3) is 10.8 Å². The highest BCUT2D eigenvalue weighted by Crippen LogP contribution is 2.25. The van der Waals surface area contributed by atoms with E-state index in [1.165, 1.54) is 5.56 Å². The molecule has 0 unspecified atom stereocenters. The highest BCUT2D eigenvalue weighted by atomic mass is 16.3. The van der Waals surface area contributed by atoms with Crippen molar-refractivity contribution in [3.8, 4) is 0 Å². The van der Waals surface area contributed by atoms with Crippen LogP contribution in [0.15, 0.2) is 29.1 Å². The van der Waals surface area contributed by atoms with Crippen molar-refractivity contribution < 1.29 is 5.11 Å². The van der Waals surface area contributed by atoms with Gasteiger partial charge in [-0.2, -0.15) is 0 Å². The first-order valence-corrected chi connectivity index (χ1v) is 7.72. The molecule has 3 rings (SSSR count). The highest BCUT2D eigenvalue weighted by molar-refractivity contribution is 5.85. The van der Waals surface area contributed by atoms with E-state index in [0.29, 0.717) is 0 Å². The number of aliphatic hydroxyl groups is 1. The van der Waals surface area contributed by atoms with E-state index in [2.05, 4.69) is 16.8 Å². The van der Waals surface area contributed by atoms with Crippen molar-refractivity contribution in [2.24, 2.45) is 0 Å². The summed E-state index contributed by atoms with van der Waals surface area (Å²) in [5.74, 6) is 0. The van der Waals surface area contributed by atoms with Crippen LogP contribution in [0, 0.1) is 0 Å². The number of nitrogens with zero attached hydrogens (tertiary/aromatic N) is 1. The van der Waals surface area contributed by atoms with Crippen molar-refractivity contribution in [3.05, 3.63) is 45.9 Å². The molecule has 1 fully saturated rings. The van der Waals surface area contributed by atoms with Gasteiger partial charge in [-0.1, -0.05) is 25.1 Å². The lowest BCUT2D eigenvalue weighted by atomic mass is 10.0. The van der Waals surface area contributed by atoms with Gasteiger partial charge < -0.3 is 10.1 Å². The van der Waals surface area contributed by atoms with Crippen LogP contribution in [0.2, 0.25) is 0 Å². The second-order valence-corrected chi connectivity index (χ2v) is 5.76. The Morgan fingerprint density at radius 1 is 1.33 bits per heavy atom. The Labute approximate surface area is 124 Å². The fourth-order valence-corrected chi connectivity index (χ4v) is 3.38. The number of hydrogen-bond donors (Lipinski definition) is 2. The summed E-state index contributed by atoms with van der Waals surface area (Å²) in [5.41, 5.74) is 2.21. The van der Waals surface area contributed by atoms with Gasteiger partial charge in [0.05, 0.1) is 6.61 Å². The van der Waals surface area contributed by atoms with Gasteiger partial charge in [0.2, 0.25) is 0 Å². The fraction of sp³-hybridized carbons (Fsp3) is 0.471. The van der Waals surface area contributed by atoms with Gasteiger partial charge in [0, 0.05) is 23.7 Å². The smallest absolute Gasteiger partial charge is 0.256 e. The maximum absolute atomic E-state index is 12.2. The lowest BCUT2D eigenvalue weighted by molar-refractivity contribution is 0.153. The molecule has 2 N–H and O–H groups in total. The average Bonchev–Trinajstić information content (AvgIpc) is 2.97. The van der Waals surface area contributed by atoms with Crippen molar-refractivity contribution in [1.29, 1.82) is 0 Å². The van der Waals surface area contributed by atoms with Gasteiger partial charge in [-0.25, -0.2) is 0 Å². The Bertz CT molecular complexity index is 693. The van der Waals surface area contributed by atoms with E-state index in [1.54, 1.807) is 0 Å². The molecule has 0 bridgehead atoms. The number of aliphatic hydroxyl groups excluding tert-OH is 1. The first kappa shape index (κ1) is 14.3. The third-order valence-corrected chi connectivity index (χ3v) is 4.55. The van der Waals surface area contributed by atoms with Gasteiger partial charge in [-0.15, -0.1) is 0 Å². The lowest BCUT2D eigenvalue weighted by Gasteiger charge is -2.24. The van der Waals surface area contributed by atoms with E-state index in [-0.39, 0.29) is 18.2 Å². The Balaban J connectivity index is 2.08. The van der Waals surface area contributed by atoms with Crippen molar-refractivity contribution in [3.63, 3.8) is 0 Å². The molecule has 1 aliphatic heterocycles. The van der Waals surface area contributed by atoms with Crippen LogP contribution in [0.4, 0.5) is 0 Å². The minimum absolute atomic E-state index is 0.00803. The Morgan fingerprint density at radius 2 is 2.10 bits per heavy atom. The topological polar surface area (TPSA) is 56.3 Å². The molecule has 1 aliphatic rings. The quantitative estimate of drug-likeness (QED) is 0.904. The molecule has 1 atom stereocenters. The van der Waals surface area contributed by atoms with E-state index in [0.717, 1.165) is 48.8 Å². The molecule has 1 aromatic carbocycles. The van der Waals surface area contributed by atoms with Crippen LogP contribution in [0.5, 0.6) is 0 Å². The summed E-state index contributed by atoms with van der Waals surface area (Å²) in [6.45, 7) is 4.09. The zero-order valence-corrected chi connectivity index (χ0v) is 12.4. The second kappa shape index (κ2) is 6.00. The van der Waals surface area contributed by atoms with Crippen LogP contribution in [-0.4, -0.2) is 34.2 Å². The molecule has 1 saturated heterocycles. The average molecular weight is 286 g/mol. The summed E-state index contributed by atoms with van der Waals surface area (Å²) in [7, 11) is 0. The van der Waals surface area contributed by atoms with E-state index in [9.17, 15) is 9.90 Å². The molecule has 21 heavy (non-hydrogen) atoms. The molecule has 112 valence electrons. The minimum Gasteiger partial charge on any atom is -0.395 e. The molecule has 0 spiro atoms. The molecule has 2 aromatic rings. The number of aromatic nitrogens is 1. The SMILES string of the molecule is CCc1[nH]c(=O)c2ccccc2c1CN1CCC[C@@H]1CO. The Morgan fingerprint density at radius 3 is 2.81 bits per heavy atom. The lowest BCUT2D eigenvalue weighted by Crippen LogP contribution is -2.32. The Hall–Kier alpha value is -1.65. The molecule has 4 heteroatoms. The number of aromatic amines is 1. The molecule has 0 radical (unpaired) electrons. The van der Waals surface area contributed by atoms with Gasteiger partial charge in [-0.3, -0.25) is 9.69 Å². The number of rotatable bonds is 4. The number of hydrogen-bond acceptors (Lipinski definition) is 3. The normalized spacial score (nSPS) is 19.4. The Kier molecular flexibility index (Phi) is 4.08. The van der Waals surface area contributed by atoms with E-state index >= 15 is 0 Å². The number of fused-ring (bicyclic) bond motifs is 1. The summed E-state index contributed by atoms with van der Waals surface area (Å²) in [4.78, 5) is 17.5. The second-order valence-electron chi connectivity index (χ2n) is 5.76. The number of benzene rings is 1. The van der Waals surface area contributed by atoms with Crippen LogP contribution in [0.1, 0.15) is 31.0 Å². The molecule has 4 nitrogen and oxygen atoms in total. The van der Waals surface area contributed by atoms with Crippen LogP contribution >= 0.6 is 0 Å². The van der Waals surface area contributed by atoms with Crippen molar-refractivity contribution in [2.75, 3.05) is 13.2 Å². The van der Waals surface area contributed by atoms with Crippen LogP contribution in [0.3, 0.4) is 0 Å². The van der Waals surface area contributed by atoms with Gasteiger partial charge >= 0.3 is 0 Å². The summed E-state index contributed by atoms with van der Waals surface area (Å²) < 4.78 is 0. The van der Waals surface area contributed by atoms with Gasteiger partial charge in [-0.05, 0) is 42.8 Å². The van der Waals surface area contributed by atoms with E-state index in [4.69, 9.17) is 0 Å². The third kappa shape index (κ3) is 2.61. The number of aryl methyl sites for hydroxylation is 1. The molecule has 0 aliphatic carbocycles. The standard InChI is InChI=1S/C17H22N2O2/c1-2-16-15(10-19-9-5-6-12(19)11-20)13-7-3-4-8-14(13)17(21)18-16/h3-4,7-8,12,20H,2,5-6,9-11H2,1H3,(H,18,21)/t12-/m1/s1. The fourth-order valence-electron chi connectivity index (χ4n) is 3.38. The number of pyridine rings is 1. The van der Waals surface area contributed by atoms with E-state index in [1.807, 2.05) is 24.3 Å². The minimum atomic E-state index is -0.00803. The summed E-state index contributed by atoms with van der Waals surface area (Å²) in [5, 5.41) is 11.3. The zero-order valence-electron chi connectivity index (χ0n) is 12.4. The molecule has 0 saturated carbocycles. The summed E-state index contributed by atoms with van der Waals surface area (Å²) >= 11 is 0. The number of likely N-dealkylation sites (tertiary alicyclic amines) is 1. The number of nitrogens with one attached hydrogen (secondary N) is 1. The zero-order chi connectivity index (χ0) is 14.8. The predicted molar refractivity (Wildman–Crippen MR) is 84.5 cm³/mol. The van der Waals surface area contributed by atoms with Crippen molar-refractivity contribution >= 4 is 10.8 Å². The predicted octanol–water partition coefficient (Wildman–Crippen LogP) is 2.05. The van der Waals surface area contributed by atoms with Gasteiger partial charge in [0.25, 0.3) is 5.56 Å². The molecular weight excluding hydrogens is 264 g/mol. The first-order chi connectivity index (χ1) is 10.2. The van der Waals surface area contributed by atoms with Crippen LogP contribution < -0.4 is 5.56 Å². The summed E-state index contributed by atoms with van der Waals surface area (Å²) in [6, 6.07) is 8.05. The van der Waals surface area contributed by atoms with Gasteiger partial charge in [0.15, 0.2) is 0 Å². The summed E-state index contributed by atoms with van der Waals surface area (Å²) in [6.07, 6.45) is 3.00. The maximum atomic E-state index is 12.2. The monoisotopic (exact) mass is 286 g/mol. The van der Waals surface area contributed by atoms with Crippen LogP contribution in [-0.2, 0) is 13.0 Å². The third-order valence-electron chi connectivity index (χ3n) is 4.55. The van der Waals surface area contributed by atoms with Crippen molar-refractivity contribution in [1.82, 2.24) is 9.88 Å². The molecule has 1 aromatic heterocycles. The van der Waals surface area contributed by atoms with E-state index < -0.39 is 0 Å². The molecule has 0 amide bonds. The maximum Gasteiger partial charge on any atom is 0.256 e. The highest BCUT2D eigenvalue weighted by Gasteiger charge is 2.25. The largest absolute Gasteiger partial charge is 0.395 e. The molecule has 2 heterocycles. The first-order valence-electron chi connectivity index (χ1n) is 7.72. The number of H-pyrrole nitrogens is 1. The van der Waals surface area contributed by atoms with Gasteiger partial charge in [0.1, 0.15) is 0 Å².